The van der Waals surface area contributed by atoms with Gasteiger partial charge in [0.2, 0.25) is 5.91 Å². The summed E-state index contributed by atoms with van der Waals surface area (Å²) in [5.74, 6) is 0.0441. The summed E-state index contributed by atoms with van der Waals surface area (Å²) in [6, 6.07) is 33.7. The molecule has 3 aliphatic rings. The minimum Gasteiger partial charge on any atom is -0.392 e. The third-order valence-electron chi connectivity index (χ3n) is 9.63. The zero-order chi connectivity index (χ0) is 28.7. The zero-order valence-electron chi connectivity index (χ0n) is 23.8. The first-order valence-electron chi connectivity index (χ1n) is 15.2. The van der Waals surface area contributed by atoms with E-state index in [4.69, 9.17) is 0 Å². The number of benzene rings is 4. The fourth-order valence-corrected chi connectivity index (χ4v) is 7.68. The molecule has 4 aromatic carbocycles. The number of nitrogens with zero attached hydrogens (tertiary/aromatic N) is 2. The highest BCUT2D eigenvalue weighted by molar-refractivity contribution is 6.10. The van der Waals surface area contributed by atoms with Crippen LogP contribution in [0, 0.1) is 0 Å². The minimum absolute atomic E-state index is 0.0145. The molecule has 2 aliphatic heterocycles. The Labute approximate surface area is 247 Å². The van der Waals surface area contributed by atoms with Gasteiger partial charge in [-0.05, 0) is 59.2 Å². The molecule has 0 unspecified atom stereocenters. The Bertz CT molecular complexity index is 1610. The number of anilines is 1. The number of carbonyl (C=O) groups is 2. The summed E-state index contributed by atoms with van der Waals surface area (Å²) in [6.45, 7) is 0.398. The van der Waals surface area contributed by atoms with E-state index in [1.807, 2.05) is 89.8 Å². The van der Waals surface area contributed by atoms with Crippen LogP contribution in [0.25, 0.3) is 0 Å². The van der Waals surface area contributed by atoms with Gasteiger partial charge in [-0.25, -0.2) is 0 Å². The molecule has 5 heteroatoms. The first-order chi connectivity index (χ1) is 20.6. The van der Waals surface area contributed by atoms with Gasteiger partial charge in [0.15, 0.2) is 0 Å². The second kappa shape index (κ2) is 10.9. The molecule has 212 valence electrons. The number of hydrogen-bond donors (Lipinski definition) is 1. The number of aliphatic hydroxyl groups excluding tert-OH is 1. The average molecular weight is 557 g/mol. The summed E-state index contributed by atoms with van der Waals surface area (Å²) in [6.07, 6.45) is 5.72. The zero-order valence-corrected chi connectivity index (χ0v) is 23.8. The summed E-state index contributed by atoms with van der Waals surface area (Å²) in [5, 5.41) is 9.81. The molecule has 5 nitrogen and oxygen atoms in total. The number of aliphatic hydroxyl groups is 1. The van der Waals surface area contributed by atoms with Crippen LogP contribution < -0.4 is 4.90 Å². The molecule has 0 radical (unpaired) electrons. The van der Waals surface area contributed by atoms with Crippen molar-refractivity contribution in [3.05, 3.63) is 137 Å². The molecule has 0 aromatic heterocycles. The van der Waals surface area contributed by atoms with E-state index in [9.17, 15) is 9.90 Å². The number of para-hydroxylation sites is 1. The van der Waals surface area contributed by atoms with Crippen LogP contribution in [-0.4, -0.2) is 27.9 Å². The number of fused-ring (bicyclic) bond motifs is 3. The van der Waals surface area contributed by atoms with Crippen molar-refractivity contribution in [2.24, 2.45) is 0 Å². The van der Waals surface area contributed by atoms with Gasteiger partial charge in [0.05, 0.1) is 19.2 Å². The van der Waals surface area contributed by atoms with Gasteiger partial charge in [0.25, 0.3) is 5.91 Å². The topological polar surface area (TPSA) is 60.9 Å². The van der Waals surface area contributed by atoms with Gasteiger partial charge in [-0.3, -0.25) is 9.59 Å². The van der Waals surface area contributed by atoms with Crippen LogP contribution in [0.4, 0.5) is 5.69 Å². The quantitative estimate of drug-likeness (QED) is 0.296. The van der Waals surface area contributed by atoms with E-state index in [0.29, 0.717) is 18.5 Å². The van der Waals surface area contributed by atoms with E-state index in [2.05, 4.69) is 23.1 Å². The highest BCUT2D eigenvalue weighted by Crippen LogP contribution is 2.55. The standard InChI is InChI=1S/C37H36N2O3/c40-25-27-19-21-28(22-20-27)34-37(32-17-9-8-16-31(32)35(41)39(34)30-14-5-2-6-15-30)23-29-13-7-10-18-33(29)38(36(37)42)24-26-11-3-1-4-12-26/h1,3-4,7-13,16-22,30,34,40H,2,5-6,14-15,23-25H2/t34-,37-/m0/s1. The van der Waals surface area contributed by atoms with E-state index in [0.717, 1.165) is 59.2 Å². The lowest BCUT2D eigenvalue weighted by molar-refractivity contribution is -0.128. The SMILES string of the molecule is O=C1c2ccccc2[C@@]2(Cc3ccccc3N(Cc3ccccc3)C2=O)[C@H](c2ccc(CO)cc2)N1C1CCCCC1. The Balaban J connectivity index is 1.49. The average Bonchev–Trinajstić information content (AvgIpc) is 3.05. The molecule has 1 saturated carbocycles. The molecule has 1 aliphatic carbocycles. The molecular formula is C37H36N2O3. The largest absolute Gasteiger partial charge is 0.392 e. The number of carbonyl (C=O) groups excluding carboxylic acids is 2. The normalized spacial score (nSPS) is 22.3. The van der Waals surface area contributed by atoms with Crippen molar-refractivity contribution < 1.29 is 14.7 Å². The molecule has 42 heavy (non-hydrogen) atoms. The molecular weight excluding hydrogens is 520 g/mol. The maximum absolute atomic E-state index is 15.4. The van der Waals surface area contributed by atoms with E-state index < -0.39 is 11.5 Å². The molecule has 2 atom stereocenters. The molecule has 1 N–H and O–H groups in total. The van der Waals surface area contributed by atoms with Crippen LogP contribution in [-0.2, 0) is 29.8 Å². The molecule has 0 bridgehead atoms. The first kappa shape index (κ1) is 26.7. The molecule has 1 spiro atoms. The number of amides is 2. The van der Waals surface area contributed by atoms with Gasteiger partial charge in [-0.2, -0.15) is 0 Å². The summed E-state index contributed by atoms with van der Waals surface area (Å²) >= 11 is 0. The van der Waals surface area contributed by atoms with E-state index >= 15 is 4.79 Å². The molecule has 0 saturated heterocycles. The third kappa shape index (κ3) is 4.26. The van der Waals surface area contributed by atoms with Crippen molar-refractivity contribution in [1.29, 1.82) is 0 Å². The van der Waals surface area contributed by atoms with E-state index in [1.54, 1.807) is 0 Å². The molecule has 1 fully saturated rings. The first-order valence-corrected chi connectivity index (χ1v) is 15.2. The lowest BCUT2D eigenvalue weighted by Crippen LogP contribution is -2.64. The fraction of sp³-hybridized carbons (Fsp3) is 0.297. The lowest BCUT2D eigenvalue weighted by atomic mass is 9.61. The van der Waals surface area contributed by atoms with Crippen LogP contribution in [0.15, 0.2) is 103 Å². The minimum atomic E-state index is -1.01. The van der Waals surface area contributed by atoms with Gasteiger partial charge >= 0.3 is 0 Å². The maximum atomic E-state index is 15.4. The van der Waals surface area contributed by atoms with Crippen molar-refractivity contribution in [3.63, 3.8) is 0 Å². The molecule has 7 rings (SSSR count). The van der Waals surface area contributed by atoms with Crippen molar-refractivity contribution in [3.8, 4) is 0 Å². The van der Waals surface area contributed by atoms with E-state index in [1.165, 1.54) is 6.42 Å². The second-order valence-electron chi connectivity index (χ2n) is 12.0. The Morgan fingerprint density at radius 2 is 1.43 bits per heavy atom. The summed E-state index contributed by atoms with van der Waals surface area (Å²) in [7, 11) is 0. The number of rotatable bonds is 5. The van der Waals surface area contributed by atoms with Gasteiger partial charge in [0, 0.05) is 17.3 Å². The number of hydrogen-bond acceptors (Lipinski definition) is 3. The predicted molar refractivity (Wildman–Crippen MR) is 164 cm³/mol. The molecule has 2 amide bonds. The van der Waals surface area contributed by atoms with Crippen LogP contribution in [0.3, 0.4) is 0 Å². The summed E-state index contributed by atoms with van der Waals surface area (Å²) < 4.78 is 0. The summed E-state index contributed by atoms with van der Waals surface area (Å²) in [4.78, 5) is 34.0. The molecule has 4 aromatic rings. The van der Waals surface area contributed by atoms with Crippen molar-refractivity contribution in [1.82, 2.24) is 4.90 Å². The van der Waals surface area contributed by atoms with Crippen LogP contribution in [0.5, 0.6) is 0 Å². The Morgan fingerprint density at radius 3 is 2.19 bits per heavy atom. The lowest BCUT2D eigenvalue weighted by Gasteiger charge is -2.55. The maximum Gasteiger partial charge on any atom is 0.254 e. The van der Waals surface area contributed by atoms with Gasteiger partial charge in [-0.1, -0.05) is 110 Å². The van der Waals surface area contributed by atoms with Gasteiger partial charge in [0.1, 0.15) is 5.41 Å². The highest BCUT2D eigenvalue weighted by Gasteiger charge is 2.60. The van der Waals surface area contributed by atoms with Gasteiger partial charge in [-0.15, -0.1) is 0 Å². The van der Waals surface area contributed by atoms with Crippen LogP contribution in [0.2, 0.25) is 0 Å². The molecule has 2 heterocycles. The monoisotopic (exact) mass is 556 g/mol. The predicted octanol–water partition coefficient (Wildman–Crippen LogP) is 6.74. The van der Waals surface area contributed by atoms with Crippen LogP contribution >= 0.6 is 0 Å². The van der Waals surface area contributed by atoms with Crippen LogP contribution in [0.1, 0.15) is 76.3 Å². The highest BCUT2D eigenvalue weighted by atomic mass is 16.3. The Kier molecular flexibility index (Phi) is 6.91. The third-order valence-corrected chi connectivity index (χ3v) is 9.63. The van der Waals surface area contributed by atoms with Crippen molar-refractivity contribution >= 4 is 17.5 Å². The fourth-order valence-electron chi connectivity index (χ4n) is 7.68. The van der Waals surface area contributed by atoms with Gasteiger partial charge < -0.3 is 14.9 Å². The Hall–Kier alpha value is -4.22. The van der Waals surface area contributed by atoms with Crippen molar-refractivity contribution in [2.45, 2.75) is 69.2 Å². The van der Waals surface area contributed by atoms with Crippen molar-refractivity contribution in [2.75, 3.05) is 4.90 Å². The Morgan fingerprint density at radius 1 is 0.738 bits per heavy atom. The second-order valence-corrected chi connectivity index (χ2v) is 12.0. The smallest absolute Gasteiger partial charge is 0.254 e. The van der Waals surface area contributed by atoms with E-state index in [-0.39, 0.29) is 24.5 Å². The summed E-state index contributed by atoms with van der Waals surface area (Å²) in [5.41, 5.74) is 5.30.